The van der Waals surface area contributed by atoms with E-state index in [1.807, 2.05) is 12.1 Å². The Balaban J connectivity index is 2.07. The molecule has 0 amide bonds. The van der Waals surface area contributed by atoms with Crippen molar-refractivity contribution in [2.24, 2.45) is 0 Å². The summed E-state index contributed by atoms with van der Waals surface area (Å²) in [5.41, 5.74) is 11.5. The van der Waals surface area contributed by atoms with Crippen LogP contribution in [0.1, 0.15) is 30.3 Å². The Kier molecular flexibility index (Phi) is 3.65. The van der Waals surface area contributed by atoms with Gasteiger partial charge in [0.05, 0.1) is 11.0 Å². The van der Waals surface area contributed by atoms with Gasteiger partial charge in [-0.05, 0) is 48.7 Å². The van der Waals surface area contributed by atoms with Crippen LogP contribution < -0.4 is 5.73 Å². The van der Waals surface area contributed by atoms with Gasteiger partial charge in [-0.15, -0.1) is 0 Å². The molecule has 108 valence electrons. The number of benzene rings is 2. The van der Waals surface area contributed by atoms with Crippen molar-refractivity contribution >= 4 is 16.7 Å². The Morgan fingerprint density at radius 1 is 1.14 bits per heavy atom. The van der Waals surface area contributed by atoms with E-state index in [1.54, 1.807) is 0 Å². The molecular formula is C18H21N3. The quantitative estimate of drug-likeness (QED) is 0.735. The molecule has 0 spiro atoms. The van der Waals surface area contributed by atoms with Gasteiger partial charge in [0.15, 0.2) is 0 Å². The molecule has 0 radical (unpaired) electrons. The maximum atomic E-state index is 5.93. The van der Waals surface area contributed by atoms with E-state index in [0.717, 1.165) is 36.4 Å². The number of aromatic nitrogens is 2. The third kappa shape index (κ3) is 2.64. The monoisotopic (exact) mass is 279 g/mol. The fraction of sp³-hybridized carbons (Fsp3) is 0.278. The first-order valence-corrected chi connectivity index (χ1v) is 7.48. The number of hydrogen-bond donors (Lipinski definition) is 1. The minimum atomic E-state index is 0.814. The summed E-state index contributed by atoms with van der Waals surface area (Å²) < 4.78 is 2.33. The van der Waals surface area contributed by atoms with Crippen molar-refractivity contribution in [1.82, 2.24) is 9.55 Å². The smallest absolute Gasteiger partial charge is 0.114 e. The van der Waals surface area contributed by atoms with E-state index in [2.05, 4.69) is 48.7 Å². The molecule has 0 aliphatic rings. The normalized spacial score (nSPS) is 11.1. The molecule has 1 aromatic heterocycles. The summed E-state index contributed by atoms with van der Waals surface area (Å²) in [6.07, 6.45) is 1.93. The highest BCUT2D eigenvalue weighted by Gasteiger charge is 2.11. The second kappa shape index (κ2) is 5.60. The summed E-state index contributed by atoms with van der Waals surface area (Å²) in [5, 5.41) is 0. The van der Waals surface area contributed by atoms with Crippen molar-refractivity contribution in [3.63, 3.8) is 0 Å². The van der Waals surface area contributed by atoms with Gasteiger partial charge in [0.25, 0.3) is 0 Å². The molecule has 1 heterocycles. The SMILES string of the molecule is CCCn1c(Cc2cc(N)ccc2C)nc2ccccc21. The Bertz CT molecular complexity index is 771. The number of nitrogen functional groups attached to an aromatic ring is 1. The second-order valence-electron chi connectivity index (χ2n) is 5.53. The van der Waals surface area contributed by atoms with Gasteiger partial charge in [0, 0.05) is 18.7 Å². The predicted molar refractivity (Wildman–Crippen MR) is 88.4 cm³/mol. The Labute approximate surface area is 125 Å². The van der Waals surface area contributed by atoms with E-state index in [9.17, 15) is 0 Å². The van der Waals surface area contributed by atoms with Crippen LogP contribution in [0.4, 0.5) is 5.69 Å². The topological polar surface area (TPSA) is 43.8 Å². The van der Waals surface area contributed by atoms with Crippen molar-refractivity contribution in [3.05, 3.63) is 59.4 Å². The molecule has 3 heteroatoms. The lowest BCUT2D eigenvalue weighted by Gasteiger charge is -2.10. The number of fused-ring (bicyclic) bond motifs is 1. The van der Waals surface area contributed by atoms with E-state index >= 15 is 0 Å². The van der Waals surface area contributed by atoms with Crippen molar-refractivity contribution in [3.8, 4) is 0 Å². The Morgan fingerprint density at radius 3 is 2.76 bits per heavy atom. The average molecular weight is 279 g/mol. The third-order valence-corrected chi connectivity index (χ3v) is 3.90. The summed E-state index contributed by atoms with van der Waals surface area (Å²) in [6.45, 7) is 5.32. The molecular weight excluding hydrogens is 258 g/mol. The summed E-state index contributed by atoms with van der Waals surface area (Å²) in [5.74, 6) is 1.12. The summed E-state index contributed by atoms with van der Waals surface area (Å²) >= 11 is 0. The molecule has 0 aliphatic heterocycles. The van der Waals surface area contributed by atoms with Gasteiger partial charge in [-0.1, -0.05) is 25.1 Å². The lowest BCUT2D eigenvalue weighted by Crippen LogP contribution is -2.05. The molecule has 21 heavy (non-hydrogen) atoms. The van der Waals surface area contributed by atoms with Crippen LogP contribution >= 0.6 is 0 Å². The van der Waals surface area contributed by atoms with Gasteiger partial charge in [0.1, 0.15) is 5.82 Å². The minimum Gasteiger partial charge on any atom is -0.399 e. The molecule has 3 nitrogen and oxygen atoms in total. The van der Waals surface area contributed by atoms with Crippen LogP contribution in [0.5, 0.6) is 0 Å². The first-order valence-electron chi connectivity index (χ1n) is 7.48. The van der Waals surface area contributed by atoms with Crippen LogP contribution in [-0.4, -0.2) is 9.55 Å². The predicted octanol–water partition coefficient (Wildman–Crippen LogP) is 3.93. The highest BCUT2D eigenvalue weighted by atomic mass is 15.1. The summed E-state index contributed by atoms with van der Waals surface area (Å²) in [4.78, 5) is 4.82. The van der Waals surface area contributed by atoms with Crippen LogP contribution in [-0.2, 0) is 13.0 Å². The zero-order valence-electron chi connectivity index (χ0n) is 12.6. The van der Waals surface area contributed by atoms with Gasteiger partial charge < -0.3 is 10.3 Å². The van der Waals surface area contributed by atoms with Crippen LogP contribution in [0, 0.1) is 6.92 Å². The Morgan fingerprint density at radius 2 is 1.95 bits per heavy atom. The molecule has 0 saturated heterocycles. The molecule has 2 aromatic carbocycles. The van der Waals surface area contributed by atoms with Gasteiger partial charge in [-0.3, -0.25) is 0 Å². The van der Waals surface area contributed by atoms with E-state index in [1.165, 1.54) is 16.6 Å². The molecule has 0 aliphatic carbocycles. The molecule has 0 atom stereocenters. The van der Waals surface area contributed by atoms with E-state index in [-0.39, 0.29) is 0 Å². The van der Waals surface area contributed by atoms with Gasteiger partial charge in [0.2, 0.25) is 0 Å². The number of aryl methyl sites for hydroxylation is 2. The second-order valence-corrected chi connectivity index (χ2v) is 5.53. The highest BCUT2D eigenvalue weighted by molar-refractivity contribution is 5.76. The number of imidazole rings is 1. The summed E-state index contributed by atoms with van der Waals surface area (Å²) in [6, 6.07) is 14.4. The number of para-hydroxylation sites is 2. The molecule has 0 unspecified atom stereocenters. The van der Waals surface area contributed by atoms with Gasteiger partial charge >= 0.3 is 0 Å². The lowest BCUT2D eigenvalue weighted by molar-refractivity contribution is 0.664. The Hall–Kier alpha value is -2.29. The molecule has 3 rings (SSSR count). The van der Waals surface area contributed by atoms with Crippen molar-refractivity contribution < 1.29 is 0 Å². The van der Waals surface area contributed by atoms with Gasteiger partial charge in [-0.2, -0.15) is 0 Å². The maximum absolute atomic E-state index is 5.93. The highest BCUT2D eigenvalue weighted by Crippen LogP contribution is 2.21. The first kappa shape index (κ1) is 13.7. The molecule has 0 bridgehead atoms. The minimum absolute atomic E-state index is 0.814. The van der Waals surface area contributed by atoms with Gasteiger partial charge in [-0.25, -0.2) is 4.98 Å². The number of nitrogens with two attached hydrogens (primary N) is 1. The van der Waals surface area contributed by atoms with Crippen LogP contribution in [0.3, 0.4) is 0 Å². The average Bonchev–Trinajstić information content (AvgIpc) is 2.81. The number of anilines is 1. The van der Waals surface area contributed by atoms with Crippen molar-refractivity contribution in [1.29, 1.82) is 0 Å². The fourth-order valence-electron chi connectivity index (χ4n) is 2.79. The van der Waals surface area contributed by atoms with E-state index in [4.69, 9.17) is 10.7 Å². The largest absolute Gasteiger partial charge is 0.399 e. The lowest BCUT2D eigenvalue weighted by atomic mass is 10.0. The van der Waals surface area contributed by atoms with Crippen molar-refractivity contribution in [2.45, 2.75) is 33.2 Å². The molecule has 0 fully saturated rings. The molecule has 0 saturated carbocycles. The van der Waals surface area contributed by atoms with Crippen molar-refractivity contribution in [2.75, 3.05) is 5.73 Å². The zero-order valence-corrected chi connectivity index (χ0v) is 12.6. The molecule has 3 aromatic rings. The number of hydrogen-bond acceptors (Lipinski definition) is 2. The van der Waals surface area contributed by atoms with Crippen LogP contribution in [0.25, 0.3) is 11.0 Å². The molecule has 2 N–H and O–H groups in total. The van der Waals surface area contributed by atoms with E-state index < -0.39 is 0 Å². The fourth-order valence-corrected chi connectivity index (χ4v) is 2.79. The third-order valence-electron chi connectivity index (χ3n) is 3.90. The zero-order chi connectivity index (χ0) is 14.8. The summed E-state index contributed by atoms with van der Waals surface area (Å²) in [7, 11) is 0. The number of rotatable bonds is 4. The van der Waals surface area contributed by atoms with E-state index in [0.29, 0.717) is 0 Å². The van der Waals surface area contributed by atoms with Crippen LogP contribution in [0.15, 0.2) is 42.5 Å². The first-order chi connectivity index (χ1) is 10.2. The van der Waals surface area contributed by atoms with Crippen LogP contribution in [0.2, 0.25) is 0 Å². The number of nitrogens with zero attached hydrogens (tertiary/aromatic N) is 2. The maximum Gasteiger partial charge on any atom is 0.114 e. The standard InChI is InChI=1S/C18H21N3/c1-3-10-21-17-7-5-4-6-16(17)20-18(21)12-14-11-15(19)9-8-13(14)2/h4-9,11H,3,10,12,19H2,1-2H3.